The number of nitrogens with one attached hydrogen (secondary N) is 1. The summed E-state index contributed by atoms with van der Waals surface area (Å²) >= 11 is 0. The third kappa shape index (κ3) is 3.57. The highest BCUT2D eigenvalue weighted by atomic mass is 35.5. The van der Waals surface area contributed by atoms with Crippen molar-refractivity contribution < 1.29 is 9.84 Å². The molecule has 2 saturated carbocycles. The summed E-state index contributed by atoms with van der Waals surface area (Å²) in [6, 6.07) is 0.462. The van der Waals surface area contributed by atoms with Gasteiger partial charge in [0.25, 0.3) is 0 Å². The number of aliphatic hydroxyl groups is 1. The van der Waals surface area contributed by atoms with Crippen molar-refractivity contribution in [3.63, 3.8) is 0 Å². The molecular formula is C17H34ClNO2. The summed E-state index contributed by atoms with van der Waals surface area (Å²) in [6.45, 7) is 12.6. The van der Waals surface area contributed by atoms with Gasteiger partial charge < -0.3 is 15.2 Å². The highest BCUT2D eigenvalue weighted by Crippen LogP contribution is 2.66. The van der Waals surface area contributed by atoms with Crippen LogP contribution in [0.2, 0.25) is 0 Å². The molecule has 0 saturated heterocycles. The number of rotatable bonds is 7. The molecule has 5 unspecified atom stereocenters. The van der Waals surface area contributed by atoms with E-state index in [1.54, 1.807) is 0 Å². The Morgan fingerprint density at radius 2 is 2.00 bits per heavy atom. The first-order valence-electron chi connectivity index (χ1n) is 8.34. The summed E-state index contributed by atoms with van der Waals surface area (Å²) in [6.07, 6.45) is 4.82. The molecule has 0 radical (unpaired) electrons. The molecule has 0 aromatic carbocycles. The molecule has 2 N–H and O–H groups in total. The van der Waals surface area contributed by atoms with Gasteiger partial charge in [0.15, 0.2) is 0 Å². The van der Waals surface area contributed by atoms with E-state index in [0.717, 1.165) is 12.3 Å². The molecule has 4 heteroatoms. The largest absolute Gasteiger partial charge is 0.389 e. The second-order valence-corrected chi connectivity index (χ2v) is 7.80. The van der Waals surface area contributed by atoms with Crippen LogP contribution < -0.4 is 5.32 Å². The summed E-state index contributed by atoms with van der Waals surface area (Å²) in [5.74, 6) is 0.799. The van der Waals surface area contributed by atoms with Crippen LogP contribution in [0.25, 0.3) is 0 Å². The number of fused-ring (bicyclic) bond motifs is 2. The van der Waals surface area contributed by atoms with Crippen molar-refractivity contribution in [3.05, 3.63) is 0 Å². The Kier molecular flexibility index (Phi) is 6.55. The lowest BCUT2D eigenvalue weighted by Gasteiger charge is -2.39. The van der Waals surface area contributed by atoms with Gasteiger partial charge in [-0.1, -0.05) is 27.7 Å². The lowest BCUT2D eigenvalue weighted by atomic mass is 9.70. The van der Waals surface area contributed by atoms with Crippen molar-refractivity contribution in [1.29, 1.82) is 0 Å². The van der Waals surface area contributed by atoms with Crippen LogP contribution in [-0.2, 0) is 4.74 Å². The molecule has 3 nitrogen and oxygen atoms in total. The van der Waals surface area contributed by atoms with E-state index in [0.29, 0.717) is 36.1 Å². The topological polar surface area (TPSA) is 41.5 Å². The quantitative estimate of drug-likeness (QED) is 0.756. The Labute approximate surface area is 136 Å². The molecule has 0 spiro atoms. The molecule has 2 bridgehead atoms. The van der Waals surface area contributed by atoms with Crippen molar-refractivity contribution in [2.45, 2.75) is 78.6 Å². The van der Waals surface area contributed by atoms with Crippen molar-refractivity contribution in [2.75, 3.05) is 13.2 Å². The zero-order valence-corrected chi connectivity index (χ0v) is 15.1. The van der Waals surface area contributed by atoms with Gasteiger partial charge in [0.2, 0.25) is 0 Å². The van der Waals surface area contributed by atoms with E-state index >= 15 is 0 Å². The molecule has 0 amide bonds. The standard InChI is InChI=1S/C17H33NO2.ClH/c1-6-12(2)18-10-14(19)11-20-15-9-13-7-8-17(15,5)16(13,3)4;/h12-15,18-19H,6-11H2,1-5H3;1H. The normalized spacial score (nSPS) is 36.3. The average Bonchev–Trinajstić information content (AvgIpc) is 2.75. The Bertz CT molecular complexity index is 337. The van der Waals surface area contributed by atoms with Crippen molar-refractivity contribution >= 4 is 12.4 Å². The number of ether oxygens (including phenoxy) is 1. The van der Waals surface area contributed by atoms with E-state index in [9.17, 15) is 5.11 Å². The van der Waals surface area contributed by atoms with E-state index in [1.165, 1.54) is 19.3 Å². The summed E-state index contributed by atoms with van der Waals surface area (Å²) in [7, 11) is 0. The number of aliphatic hydroxyl groups excluding tert-OH is 1. The van der Waals surface area contributed by atoms with Gasteiger partial charge in [-0.05, 0) is 49.4 Å². The van der Waals surface area contributed by atoms with Gasteiger partial charge in [-0.15, -0.1) is 12.4 Å². The monoisotopic (exact) mass is 319 g/mol. The number of hydrogen-bond donors (Lipinski definition) is 2. The summed E-state index contributed by atoms with van der Waals surface area (Å²) in [5, 5.41) is 13.4. The van der Waals surface area contributed by atoms with Gasteiger partial charge in [-0.2, -0.15) is 0 Å². The molecular weight excluding hydrogens is 286 g/mol. The fourth-order valence-electron chi connectivity index (χ4n) is 4.15. The third-order valence-corrected chi connectivity index (χ3v) is 6.52. The first-order valence-corrected chi connectivity index (χ1v) is 8.34. The molecule has 0 heterocycles. The van der Waals surface area contributed by atoms with Gasteiger partial charge in [0, 0.05) is 12.6 Å². The minimum absolute atomic E-state index is 0. The molecule has 0 aromatic heterocycles. The van der Waals surface area contributed by atoms with E-state index in [4.69, 9.17) is 4.74 Å². The maximum atomic E-state index is 10.1. The third-order valence-electron chi connectivity index (χ3n) is 6.52. The fourth-order valence-corrected chi connectivity index (χ4v) is 4.15. The van der Waals surface area contributed by atoms with Crippen molar-refractivity contribution in [1.82, 2.24) is 5.32 Å². The number of hydrogen-bond acceptors (Lipinski definition) is 3. The zero-order valence-electron chi connectivity index (χ0n) is 14.3. The Morgan fingerprint density at radius 1 is 1.33 bits per heavy atom. The lowest BCUT2D eigenvalue weighted by molar-refractivity contribution is -0.0744. The van der Waals surface area contributed by atoms with Gasteiger partial charge >= 0.3 is 0 Å². The zero-order chi connectivity index (χ0) is 15.0. The van der Waals surface area contributed by atoms with Gasteiger partial charge in [0.1, 0.15) is 0 Å². The molecule has 126 valence electrons. The minimum atomic E-state index is -0.394. The van der Waals surface area contributed by atoms with Crippen LogP contribution in [0.5, 0.6) is 0 Å². The predicted octanol–water partition coefficient (Wildman–Crippen LogP) is 3.39. The molecule has 0 aliphatic heterocycles. The van der Waals surface area contributed by atoms with Crippen LogP contribution in [0.1, 0.15) is 60.3 Å². The Balaban J connectivity index is 0.00000220. The number of halogens is 1. The van der Waals surface area contributed by atoms with Crippen LogP contribution in [0, 0.1) is 16.7 Å². The fraction of sp³-hybridized carbons (Fsp3) is 1.00. The highest BCUT2D eigenvalue weighted by molar-refractivity contribution is 5.85. The molecule has 21 heavy (non-hydrogen) atoms. The van der Waals surface area contributed by atoms with Crippen LogP contribution in [-0.4, -0.2) is 36.5 Å². The Morgan fingerprint density at radius 3 is 2.48 bits per heavy atom. The molecule has 2 fully saturated rings. The summed E-state index contributed by atoms with van der Waals surface area (Å²) in [5.41, 5.74) is 0.680. The van der Waals surface area contributed by atoms with Gasteiger partial charge in [-0.25, -0.2) is 0 Å². The lowest BCUT2D eigenvalue weighted by Crippen LogP contribution is -2.40. The average molecular weight is 320 g/mol. The maximum absolute atomic E-state index is 10.1. The second kappa shape index (κ2) is 7.16. The van der Waals surface area contributed by atoms with Crippen LogP contribution in [0.4, 0.5) is 0 Å². The summed E-state index contributed by atoms with van der Waals surface area (Å²) in [4.78, 5) is 0. The van der Waals surface area contributed by atoms with Gasteiger partial charge in [-0.3, -0.25) is 0 Å². The molecule has 2 aliphatic carbocycles. The van der Waals surface area contributed by atoms with Crippen LogP contribution >= 0.6 is 12.4 Å². The van der Waals surface area contributed by atoms with Crippen LogP contribution in [0.3, 0.4) is 0 Å². The van der Waals surface area contributed by atoms with Crippen molar-refractivity contribution in [3.8, 4) is 0 Å². The van der Waals surface area contributed by atoms with E-state index in [2.05, 4.69) is 39.9 Å². The van der Waals surface area contributed by atoms with E-state index in [1.807, 2.05) is 0 Å². The second-order valence-electron chi connectivity index (χ2n) is 7.80. The molecule has 2 rings (SSSR count). The first kappa shape index (κ1) is 19.2. The smallest absolute Gasteiger partial charge is 0.0897 e. The highest BCUT2D eigenvalue weighted by Gasteiger charge is 2.61. The van der Waals surface area contributed by atoms with Crippen molar-refractivity contribution in [2.24, 2.45) is 16.7 Å². The van der Waals surface area contributed by atoms with Crippen LogP contribution in [0.15, 0.2) is 0 Å². The summed E-state index contributed by atoms with van der Waals surface area (Å²) < 4.78 is 6.11. The minimum Gasteiger partial charge on any atom is -0.389 e. The molecule has 0 aromatic rings. The maximum Gasteiger partial charge on any atom is 0.0897 e. The van der Waals surface area contributed by atoms with Gasteiger partial charge in [0.05, 0.1) is 18.8 Å². The molecule has 2 aliphatic rings. The molecule has 5 atom stereocenters. The van der Waals surface area contributed by atoms with E-state index < -0.39 is 6.10 Å². The SMILES string of the molecule is CCC(C)NCC(O)COC1CC2CCC1(C)C2(C)C.Cl. The predicted molar refractivity (Wildman–Crippen MR) is 90.0 cm³/mol. The first-order chi connectivity index (χ1) is 9.31. The Hall–Kier alpha value is 0.170. The van der Waals surface area contributed by atoms with E-state index in [-0.39, 0.29) is 12.4 Å².